The lowest BCUT2D eigenvalue weighted by Gasteiger charge is -2.28. The predicted octanol–water partition coefficient (Wildman–Crippen LogP) is 3.50. The molecule has 0 fully saturated rings. The zero-order valence-corrected chi connectivity index (χ0v) is 11.3. The molecule has 0 aliphatic heterocycles. The van der Waals surface area contributed by atoms with E-state index in [1.807, 2.05) is 18.2 Å². The van der Waals surface area contributed by atoms with E-state index in [1.165, 1.54) is 0 Å². The van der Waals surface area contributed by atoms with Crippen LogP contribution in [0.4, 0.5) is 0 Å². The maximum Gasteiger partial charge on any atom is 0.120 e. The number of nitrogens with two attached hydrogens (primary N) is 1. The highest BCUT2D eigenvalue weighted by atomic mass is 79.9. The largest absolute Gasteiger partial charge is 0.497 e. The Morgan fingerprint density at radius 1 is 1.33 bits per heavy atom. The highest BCUT2D eigenvalue weighted by Gasteiger charge is 2.24. The molecule has 3 heteroatoms. The third-order valence-electron chi connectivity index (χ3n) is 2.48. The molecule has 0 amide bonds. The first-order chi connectivity index (χ1) is 6.86. The second kappa shape index (κ2) is 4.54. The van der Waals surface area contributed by atoms with Gasteiger partial charge in [-0.25, -0.2) is 0 Å². The summed E-state index contributed by atoms with van der Waals surface area (Å²) in [6.45, 7) is 6.40. The molecule has 1 unspecified atom stereocenters. The third kappa shape index (κ3) is 2.95. The minimum atomic E-state index is 0.0118. The molecule has 2 nitrogen and oxygen atoms in total. The monoisotopic (exact) mass is 271 g/mol. The van der Waals surface area contributed by atoms with E-state index in [4.69, 9.17) is 10.5 Å². The van der Waals surface area contributed by atoms with E-state index in [0.29, 0.717) is 0 Å². The molecule has 0 aliphatic carbocycles. The summed E-state index contributed by atoms with van der Waals surface area (Å²) in [6, 6.07) is 5.91. The maximum atomic E-state index is 6.19. The van der Waals surface area contributed by atoms with Gasteiger partial charge in [-0.05, 0) is 23.1 Å². The zero-order valence-electron chi connectivity index (χ0n) is 9.67. The van der Waals surface area contributed by atoms with Crippen molar-refractivity contribution in [2.75, 3.05) is 7.11 Å². The number of hydrogen-bond donors (Lipinski definition) is 1. The predicted molar refractivity (Wildman–Crippen MR) is 67.1 cm³/mol. The van der Waals surface area contributed by atoms with E-state index in [-0.39, 0.29) is 11.5 Å². The molecule has 2 N–H and O–H groups in total. The minimum absolute atomic E-state index is 0.0118. The highest BCUT2D eigenvalue weighted by Crippen LogP contribution is 2.35. The van der Waals surface area contributed by atoms with Crippen molar-refractivity contribution >= 4 is 15.9 Å². The second-order valence-electron chi connectivity index (χ2n) is 4.73. The molecule has 1 atom stereocenters. The van der Waals surface area contributed by atoms with Gasteiger partial charge in [0.15, 0.2) is 0 Å². The van der Waals surface area contributed by atoms with Gasteiger partial charge in [-0.1, -0.05) is 42.8 Å². The topological polar surface area (TPSA) is 35.2 Å². The summed E-state index contributed by atoms with van der Waals surface area (Å²) in [4.78, 5) is 0. The molecule has 0 bridgehead atoms. The Morgan fingerprint density at radius 2 is 1.93 bits per heavy atom. The van der Waals surface area contributed by atoms with Gasteiger partial charge in [-0.15, -0.1) is 0 Å². The van der Waals surface area contributed by atoms with Crippen molar-refractivity contribution in [1.29, 1.82) is 0 Å². The maximum absolute atomic E-state index is 6.19. The summed E-state index contributed by atoms with van der Waals surface area (Å²) >= 11 is 3.52. The Balaban J connectivity index is 3.06. The van der Waals surface area contributed by atoms with E-state index >= 15 is 0 Å². The Bertz CT molecular complexity index is 344. The van der Waals surface area contributed by atoms with Crippen molar-refractivity contribution in [1.82, 2.24) is 0 Å². The smallest absolute Gasteiger partial charge is 0.120 e. The van der Waals surface area contributed by atoms with Crippen LogP contribution in [-0.4, -0.2) is 7.11 Å². The van der Waals surface area contributed by atoms with Gasteiger partial charge in [0.1, 0.15) is 5.75 Å². The molecule has 0 aliphatic rings. The lowest BCUT2D eigenvalue weighted by molar-refractivity contribution is 0.325. The number of rotatable bonds is 2. The molecule has 0 saturated carbocycles. The van der Waals surface area contributed by atoms with Crippen LogP contribution in [0.3, 0.4) is 0 Å². The molecule has 1 aromatic carbocycles. The van der Waals surface area contributed by atoms with Gasteiger partial charge in [-0.3, -0.25) is 0 Å². The van der Waals surface area contributed by atoms with E-state index in [2.05, 4.69) is 36.7 Å². The van der Waals surface area contributed by atoms with Crippen LogP contribution < -0.4 is 10.5 Å². The average molecular weight is 272 g/mol. The van der Waals surface area contributed by atoms with Gasteiger partial charge in [0.25, 0.3) is 0 Å². The van der Waals surface area contributed by atoms with Crippen molar-refractivity contribution in [2.24, 2.45) is 11.1 Å². The van der Waals surface area contributed by atoms with Gasteiger partial charge in [-0.2, -0.15) is 0 Å². The Hall–Kier alpha value is -0.540. The van der Waals surface area contributed by atoms with Gasteiger partial charge in [0, 0.05) is 10.5 Å². The molecule has 0 heterocycles. The summed E-state index contributed by atoms with van der Waals surface area (Å²) in [6.07, 6.45) is 0. The number of hydrogen-bond acceptors (Lipinski definition) is 2. The number of methoxy groups -OCH3 is 1. The first-order valence-corrected chi connectivity index (χ1v) is 5.74. The SMILES string of the molecule is COc1ccc(C(N)C(C)(C)C)c(Br)c1. The van der Waals surface area contributed by atoms with Crippen LogP contribution in [-0.2, 0) is 0 Å². The first kappa shape index (κ1) is 12.5. The number of benzene rings is 1. The summed E-state index contributed by atoms with van der Waals surface area (Å²) in [5.74, 6) is 0.840. The van der Waals surface area contributed by atoms with Gasteiger partial charge < -0.3 is 10.5 Å². The van der Waals surface area contributed by atoms with Crippen LogP contribution in [0.25, 0.3) is 0 Å². The summed E-state index contributed by atoms with van der Waals surface area (Å²) in [7, 11) is 1.66. The van der Waals surface area contributed by atoms with E-state index in [9.17, 15) is 0 Å². The quantitative estimate of drug-likeness (QED) is 0.894. The fourth-order valence-electron chi connectivity index (χ4n) is 1.35. The van der Waals surface area contributed by atoms with Crippen LogP contribution >= 0.6 is 15.9 Å². The normalized spacial score (nSPS) is 13.7. The lowest BCUT2D eigenvalue weighted by atomic mass is 9.83. The van der Waals surface area contributed by atoms with Crippen LogP contribution in [0.2, 0.25) is 0 Å². The van der Waals surface area contributed by atoms with Crippen molar-refractivity contribution in [3.8, 4) is 5.75 Å². The average Bonchev–Trinajstić information content (AvgIpc) is 2.15. The Morgan fingerprint density at radius 3 is 2.33 bits per heavy atom. The van der Waals surface area contributed by atoms with Crippen LogP contribution in [0.15, 0.2) is 22.7 Å². The Labute approximate surface area is 99.9 Å². The molecule has 84 valence electrons. The van der Waals surface area contributed by atoms with Gasteiger partial charge in [0.2, 0.25) is 0 Å². The molecule has 15 heavy (non-hydrogen) atoms. The van der Waals surface area contributed by atoms with Gasteiger partial charge >= 0.3 is 0 Å². The summed E-state index contributed by atoms with van der Waals surface area (Å²) < 4.78 is 6.15. The van der Waals surface area contributed by atoms with Crippen molar-refractivity contribution in [2.45, 2.75) is 26.8 Å². The molecule has 1 aromatic rings. The summed E-state index contributed by atoms with van der Waals surface area (Å²) in [5, 5.41) is 0. The molecule has 1 rings (SSSR count). The van der Waals surface area contributed by atoms with Gasteiger partial charge in [0.05, 0.1) is 7.11 Å². The lowest BCUT2D eigenvalue weighted by Crippen LogP contribution is -2.26. The molecule has 0 radical (unpaired) electrons. The standard InChI is InChI=1S/C12H18BrNO/c1-12(2,3)11(14)9-6-5-8(15-4)7-10(9)13/h5-7,11H,14H2,1-4H3. The number of ether oxygens (including phenoxy) is 1. The van der Waals surface area contributed by atoms with Crippen LogP contribution in [0.5, 0.6) is 5.75 Å². The Kier molecular flexibility index (Phi) is 3.79. The van der Waals surface area contributed by atoms with Crippen molar-refractivity contribution in [3.63, 3.8) is 0 Å². The fraction of sp³-hybridized carbons (Fsp3) is 0.500. The highest BCUT2D eigenvalue weighted by molar-refractivity contribution is 9.10. The van der Waals surface area contributed by atoms with Crippen LogP contribution in [0, 0.1) is 5.41 Å². The van der Waals surface area contributed by atoms with Crippen molar-refractivity contribution < 1.29 is 4.74 Å². The number of halogens is 1. The second-order valence-corrected chi connectivity index (χ2v) is 5.59. The minimum Gasteiger partial charge on any atom is -0.497 e. The van der Waals surface area contributed by atoms with E-state index in [0.717, 1.165) is 15.8 Å². The first-order valence-electron chi connectivity index (χ1n) is 4.95. The van der Waals surface area contributed by atoms with E-state index < -0.39 is 0 Å². The molecule has 0 aromatic heterocycles. The molecule has 0 spiro atoms. The molecule has 0 saturated heterocycles. The van der Waals surface area contributed by atoms with Crippen LogP contribution in [0.1, 0.15) is 32.4 Å². The third-order valence-corrected chi connectivity index (χ3v) is 3.16. The summed E-state index contributed by atoms with van der Waals surface area (Å²) in [5.41, 5.74) is 7.36. The van der Waals surface area contributed by atoms with Crippen molar-refractivity contribution in [3.05, 3.63) is 28.2 Å². The molecular weight excluding hydrogens is 254 g/mol. The fourth-order valence-corrected chi connectivity index (χ4v) is 1.96. The van der Waals surface area contributed by atoms with E-state index in [1.54, 1.807) is 7.11 Å². The zero-order chi connectivity index (χ0) is 11.6. The molecular formula is C12H18BrNO.